The molecule has 0 unspecified atom stereocenters. The molecule has 1 saturated carbocycles. The highest BCUT2D eigenvalue weighted by molar-refractivity contribution is 6.10. The molecule has 1 aliphatic carbocycles. The molecular weight excluding hydrogens is 396 g/mol. The van der Waals surface area contributed by atoms with Crippen LogP contribution in [0.4, 0.5) is 17.1 Å². The number of rotatable bonds is 6. The number of carbonyl (C=O) groups excluding carboxylic acids is 2. The van der Waals surface area contributed by atoms with Crippen molar-refractivity contribution in [1.82, 2.24) is 29.6 Å². The molecule has 2 N–H and O–H groups in total. The van der Waals surface area contributed by atoms with E-state index in [1.807, 2.05) is 12.1 Å². The van der Waals surface area contributed by atoms with Crippen LogP contribution in [0.2, 0.25) is 0 Å². The van der Waals surface area contributed by atoms with Crippen molar-refractivity contribution in [3.63, 3.8) is 0 Å². The Kier molecular flexibility index (Phi) is 4.81. The molecule has 0 bridgehead atoms. The zero-order chi connectivity index (χ0) is 21.4. The van der Waals surface area contributed by atoms with Crippen LogP contribution in [0.15, 0.2) is 37.1 Å². The number of carbonyl (C=O) groups is 2. The zero-order valence-electron chi connectivity index (χ0n) is 17.1. The molecule has 3 aromatic heterocycles. The number of amides is 2. The van der Waals surface area contributed by atoms with Crippen LogP contribution in [-0.2, 0) is 7.05 Å². The summed E-state index contributed by atoms with van der Waals surface area (Å²) in [6.07, 6.45) is 9.44. The Balaban J connectivity index is 1.44. The minimum atomic E-state index is -0.410. The third-order valence-corrected chi connectivity index (χ3v) is 5.39. The maximum atomic E-state index is 13.3. The summed E-state index contributed by atoms with van der Waals surface area (Å²) < 4.78 is 1.52. The Bertz CT molecular complexity index is 1140. The minimum Gasteiger partial charge on any atom is -0.351 e. The van der Waals surface area contributed by atoms with Crippen molar-refractivity contribution in [2.24, 2.45) is 7.05 Å². The molecule has 0 radical (unpaired) electrons. The van der Waals surface area contributed by atoms with Crippen molar-refractivity contribution in [3.05, 3.63) is 54.1 Å². The molecule has 0 aromatic carbocycles. The SMILES string of the molecule is Cn1cc(NC(=O)c2nc(C3CC3)ccc2Nc2cncnc2)c(C(=O)N2CCC2)n1. The van der Waals surface area contributed by atoms with Gasteiger partial charge >= 0.3 is 0 Å². The van der Waals surface area contributed by atoms with Gasteiger partial charge in [0, 0.05) is 37.9 Å². The van der Waals surface area contributed by atoms with E-state index in [4.69, 9.17) is 0 Å². The van der Waals surface area contributed by atoms with Crippen LogP contribution < -0.4 is 10.6 Å². The van der Waals surface area contributed by atoms with Gasteiger partial charge in [-0.25, -0.2) is 15.0 Å². The van der Waals surface area contributed by atoms with E-state index in [0.717, 1.165) is 25.0 Å². The van der Waals surface area contributed by atoms with Crippen LogP contribution in [0, 0.1) is 0 Å². The molecule has 158 valence electrons. The highest BCUT2D eigenvalue weighted by atomic mass is 16.2. The monoisotopic (exact) mass is 418 g/mol. The van der Waals surface area contributed by atoms with Crippen LogP contribution in [0.3, 0.4) is 0 Å². The number of hydrogen-bond donors (Lipinski definition) is 2. The number of hydrogen-bond acceptors (Lipinski definition) is 7. The van der Waals surface area contributed by atoms with E-state index in [1.54, 1.807) is 30.5 Å². The van der Waals surface area contributed by atoms with E-state index in [2.05, 4.69) is 30.7 Å². The summed E-state index contributed by atoms with van der Waals surface area (Å²) in [5, 5.41) is 10.3. The van der Waals surface area contributed by atoms with Crippen molar-refractivity contribution in [3.8, 4) is 0 Å². The van der Waals surface area contributed by atoms with Gasteiger partial charge in [0.25, 0.3) is 11.8 Å². The van der Waals surface area contributed by atoms with Gasteiger partial charge in [0.1, 0.15) is 6.33 Å². The van der Waals surface area contributed by atoms with Gasteiger partial charge in [-0.05, 0) is 31.4 Å². The van der Waals surface area contributed by atoms with Gasteiger partial charge in [-0.3, -0.25) is 14.3 Å². The molecule has 2 fully saturated rings. The zero-order valence-corrected chi connectivity index (χ0v) is 17.1. The molecule has 4 heterocycles. The first-order valence-electron chi connectivity index (χ1n) is 10.3. The Morgan fingerprint density at radius 2 is 1.84 bits per heavy atom. The van der Waals surface area contributed by atoms with Gasteiger partial charge in [-0.2, -0.15) is 5.10 Å². The van der Waals surface area contributed by atoms with Gasteiger partial charge in [0.2, 0.25) is 0 Å². The molecular formula is C21H22N8O2. The topological polar surface area (TPSA) is 118 Å². The summed E-state index contributed by atoms with van der Waals surface area (Å²) in [4.78, 5) is 40.3. The Morgan fingerprint density at radius 3 is 2.52 bits per heavy atom. The number of aromatic nitrogens is 5. The first-order chi connectivity index (χ1) is 15.1. The molecule has 2 amide bonds. The quantitative estimate of drug-likeness (QED) is 0.631. The number of nitrogens with one attached hydrogen (secondary N) is 2. The fourth-order valence-electron chi connectivity index (χ4n) is 3.46. The van der Waals surface area contributed by atoms with Crippen LogP contribution in [0.1, 0.15) is 51.9 Å². The second kappa shape index (κ2) is 7.78. The van der Waals surface area contributed by atoms with Gasteiger partial charge < -0.3 is 15.5 Å². The highest BCUT2D eigenvalue weighted by Crippen LogP contribution is 2.39. The van der Waals surface area contributed by atoms with E-state index in [0.29, 0.717) is 36.1 Å². The number of likely N-dealkylation sites (tertiary alicyclic amines) is 1. The van der Waals surface area contributed by atoms with Crippen molar-refractivity contribution in [1.29, 1.82) is 0 Å². The molecule has 3 aromatic rings. The number of aryl methyl sites for hydroxylation is 1. The first-order valence-corrected chi connectivity index (χ1v) is 10.3. The molecule has 1 saturated heterocycles. The fraction of sp³-hybridized carbons (Fsp3) is 0.333. The Labute approximate surface area is 178 Å². The van der Waals surface area contributed by atoms with E-state index in [-0.39, 0.29) is 17.3 Å². The second-order valence-corrected chi connectivity index (χ2v) is 7.82. The summed E-state index contributed by atoms with van der Waals surface area (Å²) in [5.74, 6) is -0.197. The average molecular weight is 418 g/mol. The number of pyridine rings is 1. The lowest BCUT2D eigenvalue weighted by Gasteiger charge is -2.30. The standard InChI is InChI=1S/C21H22N8O2/c1-28-11-17(19(27-28)21(31)29-7-2-8-29)26-20(30)18-16(24-14-9-22-12-23-10-14)6-5-15(25-18)13-3-4-13/h5-6,9-13,24H,2-4,7-8H2,1H3,(H,26,30). The average Bonchev–Trinajstić information content (AvgIpc) is 3.51. The van der Waals surface area contributed by atoms with Crippen molar-refractivity contribution < 1.29 is 9.59 Å². The van der Waals surface area contributed by atoms with Crippen molar-refractivity contribution >= 4 is 28.9 Å². The number of anilines is 3. The Hall–Kier alpha value is -3.82. The summed E-state index contributed by atoms with van der Waals surface area (Å²) in [6, 6.07) is 3.78. The van der Waals surface area contributed by atoms with Gasteiger partial charge in [0.15, 0.2) is 11.4 Å². The highest BCUT2D eigenvalue weighted by Gasteiger charge is 2.29. The molecule has 5 rings (SSSR count). The predicted octanol–water partition coefficient (Wildman–Crippen LogP) is 2.32. The van der Waals surface area contributed by atoms with Gasteiger partial charge in [-0.15, -0.1) is 0 Å². The Morgan fingerprint density at radius 1 is 1.06 bits per heavy atom. The lowest BCUT2D eigenvalue weighted by Crippen LogP contribution is -2.42. The van der Waals surface area contributed by atoms with Crippen LogP contribution >= 0.6 is 0 Å². The maximum Gasteiger partial charge on any atom is 0.276 e. The van der Waals surface area contributed by atoms with E-state index >= 15 is 0 Å². The first kappa shape index (κ1) is 19.2. The minimum absolute atomic E-state index is 0.179. The molecule has 2 aliphatic rings. The largest absolute Gasteiger partial charge is 0.351 e. The third kappa shape index (κ3) is 3.96. The van der Waals surface area contributed by atoms with Crippen LogP contribution in [0.5, 0.6) is 0 Å². The van der Waals surface area contributed by atoms with Gasteiger partial charge in [-0.1, -0.05) is 0 Å². The van der Waals surface area contributed by atoms with Gasteiger partial charge in [0.05, 0.1) is 29.5 Å². The smallest absolute Gasteiger partial charge is 0.276 e. The lowest BCUT2D eigenvalue weighted by atomic mass is 10.2. The van der Waals surface area contributed by atoms with Crippen molar-refractivity contribution in [2.45, 2.75) is 25.2 Å². The molecule has 10 heteroatoms. The molecule has 0 spiro atoms. The fourth-order valence-corrected chi connectivity index (χ4v) is 3.46. The van der Waals surface area contributed by atoms with E-state index in [1.165, 1.54) is 11.0 Å². The summed E-state index contributed by atoms with van der Waals surface area (Å²) in [5.41, 5.74) is 2.93. The molecule has 10 nitrogen and oxygen atoms in total. The third-order valence-electron chi connectivity index (χ3n) is 5.39. The van der Waals surface area contributed by atoms with E-state index in [9.17, 15) is 9.59 Å². The summed E-state index contributed by atoms with van der Waals surface area (Å²) >= 11 is 0. The number of nitrogens with zero attached hydrogens (tertiary/aromatic N) is 6. The molecule has 31 heavy (non-hydrogen) atoms. The van der Waals surface area contributed by atoms with Crippen LogP contribution in [-0.4, -0.2) is 54.5 Å². The maximum absolute atomic E-state index is 13.3. The predicted molar refractivity (Wildman–Crippen MR) is 113 cm³/mol. The molecule has 1 aliphatic heterocycles. The summed E-state index contributed by atoms with van der Waals surface area (Å²) in [7, 11) is 1.72. The normalized spacial score (nSPS) is 15.3. The second-order valence-electron chi connectivity index (χ2n) is 7.82. The van der Waals surface area contributed by atoms with E-state index < -0.39 is 5.91 Å². The lowest BCUT2D eigenvalue weighted by molar-refractivity contribution is 0.0646. The van der Waals surface area contributed by atoms with Crippen molar-refractivity contribution in [2.75, 3.05) is 23.7 Å². The molecule has 0 atom stereocenters. The van der Waals surface area contributed by atoms with Crippen LogP contribution in [0.25, 0.3) is 0 Å². The summed E-state index contributed by atoms with van der Waals surface area (Å²) in [6.45, 7) is 1.42.